The Morgan fingerprint density at radius 3 is 2.32 bits per heavy atom. The minimum Gasteiger partial charge on any atom is -0.461 e. The molecule has 1 aliphatic heterocycles. The third kappa shape index (κ3) is 2.46. The number of rotatable bonds is 0. The second-order valence-electron chi connectivity index (χ2n) is 15.3. The zero-order chi connectivity index (χ0) is 24.7. The Bertz CT molecular complexity index is 965. The number of aliphatic hydroxyl groups is 2. The zero-order valence-electron chi connectivity index (χ0n) is 22.4. The van der Waals surface area contributed by atoms with Crippen molar-refractivity contribution in [3.05, 3.63) is 11.6 Å². The van der Waals surface area contributed by atoms with E-state index in [4.69, 9.17) is 4.74 Å². The molecule has 1 spiro atoms. The summed E-state index contributed by atoms with van der Waals surface area (Å²) in [5.74, 6) is 1.25. The summed E-state index contributed by atoms with van der Waals surface area (Å²) in [7, 11) is 0. The van der Waals surface area contributed by atoms with Gasteiger partial charge in [0.15, 0.2) is 0 Å². The standard InChI is InChI=1S/C30H46O4/c1-25(2)14-18-17-8-9-21-27(5)15-19(31)23(32)26(3,4)20(27)10-11-29(21,7)28(17,6)12-13-30(18)16-22(25)34-24(30)33/h8,18-23,31-32H,9-16H2,1-7H3/t18-,19+,20-,21+,22-,23-,27-,28+,29+,30+/m0/s1. The highest BCUT2D eigenvalue weighted by molar-refractivity contribution is 5.81. The third-order valence-electron chi connectivity index (χ3n) is 13.4. The molecule has 0 aromatic carbocycles. The first-order chi connectivity index (χ1) is 15.6. The number of fused-ring (bicyclic) bond motifs is 7. The molecule has 0 unspecified atom stereocenters. The molecule has 4 nitrogen and oxygen atoms in total. The van der Waals surface area contributed by atoms with E-state index >= 15 is 0 Å². The lowest BCUT2D eigenvalue weighted by molar-refractivity contribution is -0.230. The summed E-state index contributed by atoms with van der Waals surface area (Å²) in [6.07, 6.45) is 9.25. The molecule has 6 aliphatic rings. The monoisotopic (exact) mass is 470 g/mol. The van der Waals surface area contributed by atoms with Crippen molar-refractivity contribution in [3.63, 3.8) is 0 Å². The lowest BCUT2D eigenvalue weighted by Gasteiger charge is -2.71. The summed E-state index contributed by atoms with van der Waals surface area (Å²) >= 11 is 0. The summed E-state index contributed by atoms with van der Waals surface area (Å²) in [6, 6.07) is 0. The van der Waals surface area contributed by atoms with Gasteiger partial charge in [-0.1, -0.05) is 60.1 Å². The van der Waals surface area contributed by atoms with Gasteiger partial charge in [0.05, 0.1) is 17.6 Å². The van der Waals surface area contributed by atoms with E-state index in [0.717, 1.165) is 44.9 Å². The molecule has 1 heterocycles. The molecule has 0 radical (unpaired) electrons. The number of carbonyl (C=O) groups excluding carboxylic acids is 1. The van der Waals surface area contributed by atoms with Gasteiger partial charge in [-0.2, -0.15) is 0 Å². The average molecular weight is 471 g/mol. The summed E-state index contributed by atoms with van der Waals surface area (Å²) in [6.45, 7) is 16.4. The van der Waals surface area contributed by atoms with Crippen molar-refractivity contribution in [3.8, 4) is 0 Å². The second kappa shape index (κ2) is 6.52. The van der Waals surface area contributed by atoms with Crippen molar-refractivity contribution in [1.29, 1.82) is 0 Å². The van der Waals surface area contributed by atoms with Crippen molar-refractivity contribution in [2.24, 2.45) is 50.2 Å². The van der Waals surface area contributed by atoms with Gasteiger partial charge in [-0.05, 0) is 84.4 Å². The molecule has 190 valence electrons. The molecule has 1 saturated heterocycles. The number of carbonyl (C=O) groups is 1. The Morgan fingerprint density at radius 1 is 0.912 bits per heavy atom. The van der Waals surface area contributed by atoms with Gasteiger partial charge in [-0.3, -0.25) is 4.79 Å². The summed E-state index contributed by atoms with van der Waals surface area (Å²) < 4.78 is 6.02. The van der Waals surface area contributed by atoms with Gasteiger partial charge in [0.1, 0.15) is 6.10 Å². The molecule has 0 aromatic rings. The normalized spacial score (nSPS) is 56.9. The first-order valence-electron chi connectivity index (χ1n) is 13.9. The van der Waals surface area contributed by atoms with Crippen molar-refractivity contribution in [1.82, 2.24) is 0 Å². The molecule has 5 fully saturated rings. The number of hydrogen-bond donors (Lipinski definition) is 2. The SMILES string of the molecule is CC1(C)C[C@H]2C3=CC[C@@H]4[C@@]5(C)C[C@@H](O)[C@H](O)C(C)(C)[C@@H]5CC[C@@]4(C)[C@]3(C)CC[C@@]23C[C@@H]1OC3=O. The Balaban J connectivity index is 1.45. The molecule has 4 heteroatoms. The number of esters is 1. The quantitative estimate of drug-likeness (QED) is 0.354. The van der Waals surface area contributed by atoms with Crippen LogP contribution in [0.3, 0.4) is 0 Å². The fourth-order valence-electron chi connectivity index (χ4n) is 11.2. The maximum Gasteiger partial charge on any atom is 0.313 e. The molecule has 6 rings (SSSR count). The molecule has 2 bridgehead atoms. The topological polar surface area (TPSA) is 66.8 Å². The molecule has 4 saturated carbocycles. The number of hydrogen-bond acceptors (Lipinski definition) is 4. The molecule has 2 N–H and O–H groups in total. The van der Waals surface area contributed by atoms with Crippen LogP contribution in [0.15, 0.2) is 11.6 Å². The molecular formula is C30H46O4. The number of ether oxygens (including phenoxy) is 1. The van der Waals surface area contributed by atoms with Crippen LogP contribution in [-0.4, -0.2) is 34.5 Å². The highest BCUT2D eigenvalue weighted by Gasteiger charge is 2.72. The van der Waals surface area contributed by atoms with Gasteiger partial charge in [-0.25, -0.2) is 0 Å². The zero-order valence-corrected chi connectivity index (χ0v) is 22.4. The van der Waals surface area contributed by atoms with E-state index in [1.54, 1.807) is 5.57 Å². The van der Waals surface area contributed by atoms with E-state index in [9.17, 15) is 15.0 Å². The highest BCUT2D eigenvalue weighted by Crippen LogP contribution is 2.76. The van der Waals surface area contributed by atoms with Crippen LogP contribution in [0.5, 0.6) is 0 Å². The van der Waals surface area contributed by atoms with Gasteiger partial charge in [0.2, 0.25) is 0 Å². The van der Waals surface area contributed by atoms with E-state index in [0.29, 0.717) is 24.2 Å². The van der Waals surface area contributed by atoms with Crippen LogP contribution in [0.2, 0.25) is 0 Å². The molecule has 0 amide bonds. The smallest absolute Gasteiger partial charge is 0.313 e. The van der Waals surface area contributed by atoms with Crippen molar-refractivity contribution in [2.45, 2.75) is 118 Å². The first-order valence-corrected chi connectivity index (χ1v) is 13.9. The fourth-order valence-corrected chi connectivity index (χ4v) is 11.2. The van der Waals surface area contributed by atoms with Crippen LogP contribution in [0, 0.1) is 50.2 Å². The van der Waals surface area contributed by atoms with Gasteiger partial charge < -0.3 is 14.9 Å². The third-order valence-corrected chi connectivity index (χ3v) is 13.4. The Hall–Kier alpha value is -0.870. The summed E-state index contributed by atoms with van der Waals surface area (Å²) in [5.41, 5.74) is 1.18. The number of allylic oxidation sites excluding steroid dienone is 2. The van der Waals surface area contributed by atoms with Gasteiger partial charge in [-0.15, -0.1) is 0 Å². The molecule has 10 atom stereocenters. The van der Waals surface area contributed by atoms with Crippen molar-refractivity contribution in [2.75, 3.05) is 0 Å². The predicted molar refractivity (Wildman–Crippen MR) is 132 cm³/mol. The van der Waals surface area contributed by atoms with Gasteiger partial charge in [0, 0.05) is 11.8 Å². The van der Waals surface area contributed by atoms with E-state index in [2.05, 4.69) is 54.5 Å². The van der Waals surface area contributed by atoms with Crippen molar-refractivity contribution < 1.29 is 19.7 Å². The molecular weight excluding hydrogens is 424 g/mol. The van der Waals surface area contributed by atoms with E-state index < -0.39 is 12.2 Å². The first kappa shape index (κ1) is 23.5. The van der Waals surface area contributed by atoms with Gasteiger partial charge in [0.25, 0.3) is 0 Å². The fraction of sp³-hybridized carbons (Fsp3) is 0.900. The summed E-state index contributed by atoms with van der Waals surface area (Å²) in [5, 5.41) is 21.9. The predicted octanol–water partition coefficient (Wildman–Crippen LogP) is 5.66. The van der Waals surface area contributed by atoms with Crippen LogP contribution >= 0.6 is 0 Å². The minimum atomic E-state index is -0.657. The number of aliphatic hydroxyl groups excluding tert-OH is 2. The minimum absolute atomic E-state index is 0.00145. The Morgan fingerprint density at radius 2 is 1.62 bits per heavy atom. The van der Waals surface area contributed by atoms with E-state index in [-0.39, 0.29) is 44.6 Å². The largest absolute Gasteiger partial charge is 0.461 e. The van der Waals surface area contributed by atoms with E-state index in [1.807, 2.05) is 0 Å². The Labute approximate surface area is 205 Å². The lowest BCUT2D eigenvalue weighted by Crippen LogP contribution is -2.66. The molecule has 34 heavy (non-hydrogen) atoms. The van der Waals surface area contributed by atoms with E-state index in [1.165, 1.54) is 0 Å². The van der Waals surface area contributed by atoms with Gasteiger partial charge >= 0.3 is 5.97 Å². The molecule has 5 aliphatic carbocycles. The van der Waals surface area contributed by atoms with Crippen LogP contribution in [0.4, 0.5) is 0 Å². The average Bonchev–Trinajstić information content (AvgIpc) is 3.04. The van der Waals surface area contributed by atoms with Crippen LogP contribution in [0.1, 0.15) is 99.8 Å². The van der Waals surface area contributed by atoms with Crippen LogP contribution in [0.25, 0.3) is 0 Å². The maximum absolute atomic E-state index is 13.3. The van der Waals surface area contributed by atoms with Crippen molar-refractivity contribution >= 4 is 5.97 Å². The lowest BCUT2D eigenvalue weighted by atomic mass is 9.33. The van der Waals surface area contributed by atoms with Crippen LogP contribution < -0.4 is 0 Å². The maximum atomic E-state index is 13.3. The van der Waals surface area contributed by atoms with Crippen LogP contribution in [-0.2, 0) is 9.53 Å². The molecule has 0 aromatic heterocycles. The summed E-state index contributed by atoms with van der Waals surface area (Å²) in [4.78, 5) is 13.3. The Kier molecular flexibility index (Phi) is 4.51. The second-order valence-corrected chi connectivity index (χ2v) is 15.3. The highest BCUT2D eigenvalue weighted by atomic mass is 16.6.